The molecule has 0 rings (SSSR count). The molecule has 2 nitrogen and oxygen atoms in total. The molecule has 1 atom stereocenters. The second-order valence-corrected chi connectivity index (χ2v) is 3.64. The zero-order valence-electron chi connectivity index (χ0n) is 9.42. The van der Waals surface area contributed by atoms with Gasteiger partial charge in [0.1, 0.15) is 0 Å². The van der Waals surface area contributed by atoms with Gasteiger partial charge in [-0.1, -0.05) is 20.8 Å². The molecule has 0 aromatic carbocycles. The Labute approximate surface area is 82.9 Å². The van der Waals surface area contributed by atoms with Crippen LogP contribution < -0.4 is 0 Å². The zero-order valence-corrected chi connectivity index (χ0v) is 9.42. The quantitative estimate of drug-likeness (QED) is 0.630. The van der Waals surface area contributed by atoms with E-state index in [2.05, 4.69) is 18.7 Å². The van der Waals surface area contributed by atoms with E-state index in [4.69, 9.17) is 0 Å². The van der Waals surface area contributed by atoms with E-state index in [1.165, 1.54) is 13.0 Å². The third-order valence-corrected chi connectivity index (χ3v) is 2.47. The molecule has 13 heavy (non-hydrogen) atoms. The lowest BCUT2D eigenvalue weighted by atomic mass is 10.1. The van der Waals surface area contributed by atoms with Crippen LogP contribution in [0.3, 0.4) is 0 Å². The van der Waals surface area contributed by atoms with Gasteiger partial charge < -0.3 is 10.0 Å². The van der Waals surface area contributed by atoms with Gasteiger partial charge >= 0.3 is 0 Å². The molecule has 0 spiro atoms. The average Bonchev–Trinajstić information content (AvgIpc) is 2.16. The lowest BCUT2D eigenvalue weighted by Gasteiger charge is -2.19. The highest BCUT2D eigenvalue weighted by atomic mass is 16.3. The molecule has 0 aromatic heterocycles. The highest BCUT2D eigenvalue weighted by Crippen LogP contribution is 2.03. The van der Waals surface area contributed by atoms with Gasteiger partial charge in [0.25, 0.3) is 0 Å². The number of hydrogen-bond donors (Lipinski definition) is 1. The van der Waals surface area contributed by atoms with Crippen LogP contribution in [0.1, 0.15) is 46.5 Å². The summed E-state index contributed by atoms with van der Waals surface area (Å²) >= 11 is 0. The smallest absolute Gasteiger partial charge is 0.0538 e. The van der Waals surface area contributed by atoms with E-state index in [1.807, 2.05) is 6.92 Å². The van der Waals surface area contributed by atoms with Gasteiger partial charge in [0.2, 0.25) is 0 Å². The molecule has 0 aliphatic heterocycles. The first-order valence-corrected chi connectivity index (χ1v) is 5.64. The van der Waals surface area contributed by atoms with Crippen molar-refractivity contribution in [2.24, 2.45) is 0 Å². The van der Waals surface area contributed by atoms with Gasteiger partial charge in [-0.25, -0.2) is 0 Å². The predicted molar refractivity (Wildman–Crippen MR) is 57.9 cm³/mol. The SMILES string of the molecule is CCCN(CC)CCCC(O)CC. The lowest BCUT2D eigenvalue weighted by Crippen LogP contribution is -2.26. The molecular weight excluding hydrogens is 162 g/mol. The minimum Gasteiger partial charge on any atom is -0.393 e. The zero-order chi connectivity index (χ0) is 10.1. The molecular formula is C11H25NO. The maximum absolute atomic E-state index is 9.35. The monoisotopic (exact) mass is 187 g/mol. The number of aliphatic hydroxyl groups is 1. The molecule has 0 saturated heterocycles. The van der Waals surface area contributed by atoms with Crippen molar-refractivity contribution >= 4 is 0 Å². The number of aliphatic hydroxyl groups excluding tert-OH is 1. The Hall–Kier alpha value is -0.0800. The Bertz CT molecular complexity index is 106. The second kappa shape index (κ2) is 8.52. The first-order valence-electron chi connectivity index (χ1n) is 5.64. The normalized spacial score (nSPS) is 13.6. The molecule has 80 valence electrons. The van der Waals surface area contributed by atoms with Crippen LogP contribution in [0.5, 0.6) is 0 Å². The Morgan fingerprint density at radius 2 is 1.85 bits per heavy atom. The van der Waals surface area contributed by atoms with Gasteiger partial charge in [-0.2, -0.15) is 0 Å². The summed E-state index contributed by atoms with van der Waals surface area (Å²) in [5, 5.41) is 9.35. The van der Waals surface area contributed by atoms with Crippen LogP contribution in [0.4, 0.5) is 0 Å². The summed E-state index contributed by atoms with van der Waals surface area (Å²) in [6.07, 6.45) is 4.12. The summed E-state index contributed by atoms with van der Waals surface area (Å²) in [6, 6.07) is 0. The standard InChI is InChI=1S/C11H25NO/c1-4-9-12(6-3)10-7-8-11(13)5-2/h11,13H,4-10H2,1-3H3. The first kappa shape index (κ1) is 12.9. The molecule has 2 heteroatoms. The number of nitrogens with zero attached hydrogens (tertiary/aromatic N) is 1. The largest absolute Gasteiger partial charge is 0.393 e. The Kier molecular flexibility index (Phi) is 8.46. The van der Waals surface area contributed by atoms with Gasteiger partial charge in [0.15, 0.2) is 0 Å². The van der Waals surface area contributed by atoms with Gasteiger partial charge in [0.05, 0.1) is 6.10 Å². The summed E-state index contributed by atoms with van der Waals surface area (Å²) < 4.78 is 0. The maximum Gasteiger partial charge on any atom is 0.0538 e. The Morgan fingerprint density at radius 1 is 1.15 bits per heavy atom. The van der Waals surface area contributed by atoms with Crippen LogP contribution in [0.15, 0.2) is 0 Å². The van der Waals surface area contributed by atoms with Crippen molar-refractivity contribution in [2.75, 3.05) is 19.6 Å². The van der Waals surface area contributed by atoms with E-state index in [1.54, 1.807) is 0 Å². The second-order valence-electron chi connectivity index (χ2n) is 3.64. The van der Waals surface area contributed by atoms with Gasteiger partial charge in [-0.15, -0.1) is 0 Å². The molecule has 0 aliphatic rings. The van der Waals surface area contributed by atoms with E-state index in [9.17, 15) is 5.11 Å². The summed E-state index contributed by atoms with van der Waals surface area (Å²) in [6.45, 7) is 9.92. The van der Waals surface area contributed by atoms with Crippen LogP contribution in [0, 0.1) is 0 Å². The third-order valence-electron chi connectivity index (χ3n) is 2.47. The summed E-state index contributed by atoms with van der Waals surface area (Å²) in [5.74, 6) is 0. The van der Waals surface area contributed by atoms with Crippen molar-refractivity contribution in [1.82, 2.24) is 4.90 Å². The lowest BCUT2D eigenvalue weighted by molar-refractivity contribution is 0.150. The molecule has 1 N–H and O–H groups in total. The minimum absolute atomic E-state index is 0.0830. The molecule has 0 aromatic rings. The molecule has 0 saturated carbocycles. The molecule has 0 amide bonds. The van der Waals surface area contributed by atoms with Gasteiger partial charge in [-0.3, -0.25) is 0 Å². The van der Waals surface area contributed by atoms with E-state index < -0.39 is 0 Å². The van der Waals surface area contributed by atoms with Crippen LogP contribution >= 0.6 is 0 Å². The van der Waals surface area contributed by atoms with Crippen LogP contribution in [0.2, 0.25) is 0 Å². The van der Waals surface area contributed by atoms with E-state index in [0.29, 0.717) is 0 Å². The fourth-order valence-corrected chi connectivity index (χ4v) is 1.50. The average molecular weight is 187 g/mol. The van der Waals surface area contributed by atoms with E-state index in [0.717, 1.165) is 32.4 Å². The number of hydrogen-bond acceptors (Lipinski definition) is 2. The Morgan fingerprint density at radius 3 is 2.31 bits per heavy atom. The van der Waals surface area contributed by atoms with Crippen molar-refractivity contribution in [2.45, 2.75) is 52.6 Å². The number of rotatable bonds is 8. The molecule has 1 unspecified atom stereocenters. The van der Waals surface area contributed by atoms with Gasteiger partial charge in [-0.05, 0) is 45.3 Å². The van der Waals surface area contributed by atoms with E-state index >= 15 is 0 Å². The van der Waals surface area contributed by atoms with Crippen molar-refractivity contribution in [3.8, 4) is 0 Å². The highest BCUT2D eigenvalue weighted by molar-refractivity contribution is 4.58. The molecule has 0 heterocycles. The van der Waals surface area contributed by atoms with Crippen molar-refractivity contribution < 1.29 is 5.11 Å². The van der Waals surface area contributed by atoms with Crippen LogP contribution in [-0.4, -0.2) is 35.7 Å². The van der Waals surface area contributed by atoms with Crippen molar-refractivity contribution in [3.63, 3.8) is 0 Å². The molecule has 0 bridgehead atoms. The first-order chi connectivity index (χ1) is 6.24. The fourth-order valence-electron chi connectivity index (χ4n) is 1.50. The molecule has 0 aliphatic carbocycles. The highest BCUT2D eigenvalue weighted by Gasteiger charge is 2.03. The minimum atomic E-state index is -0.0830. The van der Waals surface area contributed by atoms with Crippen LogP contribution in [0.25, 0.3) is 0 Å². The van der Waals surface area contributed by atoms with Crippen molar-refractivity contribution in [3.05, 3.63) is 0 Å². The van der Waals surface area contributed by atoms with Gasteiger partial charge in [0, 0.05) is 0 Å². The third kappa shape index (κ3) is 7.03. The fraction of sp³-hybridized carbons (Fsp3) is 1.00. The molecule has 0 radical (unpaired) electrons. The van der Waals surface area contributed by atoms with Crippen molar-refractivity contribution in [1.29, 1.82) is 0 Å². The summed E-state index contributed by atoms with van der Waals surface area (Å²) in [4.78, 5) is 2.45. The topological polar surface area (TPSA) is 23.5 Å². The summed E-state index contributed by atoms with van der Waals surface area (Å²) in [7, 11) is 0. The summed E-state index contributed by atoms with van der Waals surface area (Å²) in [5.41, 5.74) is 0. The van der Waals surface area contributed by atoms with E-state index in [-0.39, 0.29) is 6.10 Å². The molecule has 0 fully saturated rings. The van der Waals surface area contributed by atoms with Crippen LogP contribution in [-0.2, 0) is 0 Å². The Balaban J connectivity index is 3.37. The maximum atomic E-state index is 9.35. The predicted octanol–water partition coefficient (Wildman–Crippen LogP) is 2.27.